The van der Waals surface area contributed by atoms with Crippen molar-refractivity contribution in [3.63, 3.8) is 0 Å². The van der Waals surface area contributed by atoms with Crippen LogP contribution in [0.3, 0.4) is 0 Å². The van der Waals surface area contributed by atoms with E-state index < -0.39 is 12.0 Å². The monoisotopic (exact) mass is 328 g/mol. The van der Waals surface area contributed by atoms with Gasteiger partial charge in [-0.25, -0.2) is 0 Å². The van der Waals surface area contributed by atoms with Gasteiger partial charge in [-0.1, -0.05) is 24.3 Å². The molecular weight excluding hydrogens is 308 g/mol. The van der Waals surface area contributed by atoms with Gasteiger partial charge in [0.1, 0.15) is 0 Å². The molecule has 1 aromatic rings. The first-order valence-electron chi connectivity index (χ1n) is 8.05. The van der Waals surface area contributed by atoms with Gasteiger partial charge in [0.25, 0.3) is 5.91 Å². The number of nitrogens with zero attached hydrogens (tertiary/aromatic N) is 1. The number of carbonyl (C=O) groups is 3. The molecule has 0 aromatic heterocycles. The van der Waals surface area contributed by atoms with Crippen LogP contribution in [-0.4, -0.2) is 35.3 Å². The van der Waals surface area contributed by atoms with Gasteiger partial charge in [0, 0.05) is 19.2 Å². The number of fused-ring (bicyclic) bond motifs is 1. The van der Waals surface area contributed by atoms with Gasteiger partial charge in [0.2, 0.25) is 5.91 Å². The number of hydrogen-bond donors (Lipinski definition) is 1. The molecule has 2 amide bonds. The van der Waals surface area contributed by atoms with E-state index >= 15 is 0 Å². The fraction of sp³-hybridized carbons (Fsp3) is 0.389. The van der Waals surface area contributed by atoms with Gasteiger partial charge in [0.05, 0.1) is 12.5 Å². The van der Waals surface area contributed by atoms with E-state index in [0.29, 0.717) is 0 Å². The van der Waals surface area contributed by atoms with E-state index in [1.807, 2.05) is 30.3 Å². The van der Waals surface area contributed by atoms with Crippen molar-refractivity contribution in [1.29, 1.82) is 0 Å². The van der Waals surface area contributed by atoms with Gasteiger partial charge in [-0.05, 0) is 30.0 Å². The SMILES string of the molecule is CC(=O)N1C=Cc2ccccc2[C@H]1CC(=O)OCC(=O)NC1CC1. The summed E-state index contributed by atoms with van der Waals surface area (Å²) in [5.41, 5.74) is 1.87. The minimum Gasteiger partial charge on any atom is -0.456 e. The van der Waals surface area contributed by atoms with Crippen molar-refractivity contribution in [2.45, 2.75) is 38.3 Å². The Balaban J connectivity index is 1.64. The molecule has 24 heavy (non-hydrogen) atoms. The summed E-state index contributed by atoms with van der Waals surface area (Å²) in [5, 5.41) is 2.76. The molecule has 1 N–H and O–H groups in total. The first-order chi connectivity index (χ1) is 11.5. The summed E-state index contributed by atoms with van der Waals surface area (Å²) >= 11 is 0. The van der Waals surface area contributed by atoms with Crippen LogP contribution in [0.2, 0.25) is 0 Å². The summed E-state index contributed by atoms with van der Waals surface area (Å²) in [6, 6.07) is 7.43. The Labute approximate surface area is 140 Å². The maximum absolute atomic E-state index is 12.1. The van der Waals surface area contributed by atoms with Crippen LogP contribution in [0.1, 0.15) is 43.4 Å². The van der Waals surface area contributed by atoms with Gasteiger partial charge in [-0.3, -0.25) is 14.4 Å². The predicted octanol–water partition coefficient (Wildman–Crippen LogP) is 1.77. The number of benzene rings is 1. The summed E-state index contributed by atoms with van der Waals surface area (Å²) in [7, 11) is 0. The summed E-state index contributed by atoms with van der Waals surface area (Å²) < 4.78 is 5.07. The van der Waals surface area contributed by atoms with Crippen LogP contribution in [-0.2, 0) is 19.1 Å². The third kappa shape index (κ3) is 3.82. The van der Waals surface area contributed by atoms with E-state index in [1.54, 1.807) is 6.20 Å². The van der Waals surface area contributed by atoms with Crippen LogP contribution >= 0.6 is 0 Å². The van der Waals surface area contributed by atoms with Crippen molar-refractivity contribution < 1.29 is 19.1 Å². The number of hydrogen-bond acceptors (Lipinski definition) is 4. The van der Waals surface area contributed by atoms with E-state index in [9.17, 15) is 14.4 Å². The van der Waals surface area contributed by atoms with Crippen LogP contribution in [0, 0.1) is 0 Å². The van der Waals surface area contributed by atoms with E-state index in [4.69, 9.17) is 4.74 Å². The third-order valence-corrected chi connectivity index (χ3v) is 4.14. The highest BCUT2D eigenvalue weighted by atomic mass is 16.5. The van der Waals surface area contributed by atoms with E-state index in [-0.39, 0.29) is 30.9 Å². The molecule has 0 unspecified atom stereocenters. The summed E-state index contributed by atoms with van der Waals surface area (Å²) in [5.74, 6) is -0.925. The average Bonchev–Trinajstić information content (AvgIpc) is 3.37. The maximum Gasteiger partial charge on any atom is 0.308 e. The first kappa shape index (κ1) is 16.2. The highest BCUT2D eigenvalue weighted by Gasteiger charge is 2.29. The predicted molar refractivity (Wildman–Crippen MR) is 87.5 cm³/mol. The lowest BCUT2D eigenvalue weighted by molar-refractivity contribution is -0.150. The molecule has 1 saturated carbocycles. The average molecular weight is 328 g/mol. The molecular formula is C18H20N2O4. The second-order valence-corrected chi connectivity index (χ2v) is 6.09. The van der Waals surface area contributed by atoms with Crippen molar-refractivity contribution in [3.05, 3.63) is 41.6 Å². The molecule has 1 heterocycles. The van der Waals surface area contributed by atoms with Crippen molar-refractivity contribution >= 4 is 23.9 Å². The van der Waals surface area contributed by atoms with Crippen LogP contribution in [0.5, 0.6) is 0 Å². The van der Waals surface area contributed by atoms with Crippen LogP contribution in [0.4, 0.5) is 0 Å². The van der Waals surface area contributed by atoms with Gasteiger partial charge in [-0.15, -0.1) is 0 Å². The zero-order valence-electron chi connectivity index (χ0n) is 13.5. The molecule has 0 bridgehead atoms. The molecule has 1 atom stereocenters. The zero-order chi connectivity index (χ0) is 17.1. The number of amides is 2. The molecule has 0 radical (unpaired) electrons. The Morgan fingerprint density at radius 3 is 2.71 bits per heavy atom. The molecule has 1 aliphatic carbocycles. The molecule has 0 saturated heterocycles. The second-order valence-electron chi connectivity index (χ2n) is 6.09. The van der Waals surface area contributed by atoms with Crippen LogP contribution in [0.25, 0.3) is 6.08 Å². The van der Waals surface area contributed by atoms with Gasteiger partial charge < -0.3 is 15.0 Å². The molecule has 1 aromatic carbocycles. The third-order valence-electron chi connectivity index (χ3n) is 4.14. The second kappa shape index (κ2) is 6.86. The summed E-state index contributed by atoms with van der Waals surface area (Å²) in [6.07, 6.45) is 5.51. The molecule has 2 aliphatic rings. The Bertz CT molecular complexity index is 694. The Morgan fingerprint density at radius 1 is 1.25 bits per heavy atom. The van der Waals surface area contributed by atoms with Crippen molar-refractivity contribution in [3.8, 4) is 0 Å². The number of rotatable bonds is 5. The largest absolute Gasteiger partial charge is 0.456 e. The Morgan fingerprint density at radius 2 is 2.00 bits per heavy atom. The smallest absolute Gasteiger partial charge is 0.308 e. The van der Waals surface area contributed by atoms with Crippen molar-refractivity contribution in [1.82, 2.24) is 10.2 Å². The highest BCUT2D eigenvalue weighted by molar-refractivity contribution is 5.82. The highest BCUT2D eigenvalue weighted by Crippen LogP contribution is 2.33. The Hall–Kier alpha value is -2.63. The zero-order valence-corrected chi connectivity index (χ0v) is 13.5. The normalized spacial score (nSPS) is 18.7. The molecule has 3 rings (SSSR count). The topological polar surface area (TPSA) is 75.7 Å². The number of ether oxygens (including phenoxy) is 1. The van der Waals surface area contributed by atoms with Gasteiger partial charge in [-0.2, -0.15) is 0 Å². The maximum atomic E-state index is 12.1. The molecule has 126 valence electrons. The lowest BCUT2D eigenvalue weighted by atomic mass is 9.94. The Kier molecular flexibility index (Phi) is 4.64. The van der Waals surface area contributed by atoms with Gasteiger partial charge in [0.15, 0.2) is 6.61 Å². The summed E-state index contributed by atoms with van der Waals surface area (Å²) in [4.78, 5) is 37.1. The first-order valence-corrected chi connectivity index (χ1v) is 8.05. The molecule has 1 fully saturated rings. The lowest BCUT2D eigenvalue weighted by Crippen LogP contribution is -2.34. The minimum atomic E-state index is -0.498. The van der Waals surface area contributed by atoms with Crippen LogP contribution < -0.4 is 5.32 Å². The lowest BCUT2D eigenvalue weighted by Gasteiger charge is -2.32. The molecule has 6 nitrogen and oxygen atoms in total. The quantitative estimate of drug-likeness (QED) is 0.836. The van der Waals surface area contributed by atoms with Gasteiger partial charge >= 0.3 is 5.97 Å². The number of nitrogens with one attached hydrogen (secondary N) is 1. The number of carbonyl (C=O) groups excluding carboxylic acids is 3. The van der Waals surface area contributed by atoms with E-state index in [1.165, 1.54) is 11.8 Å². The molecule has 6 heteroatoms. The molecule has 1 aliphatic heterocycles. The van der Waals surface area contributed by atoms with Crippen molar-refractivity contribution in [2.24, 2.45) is 0 Å². The standard InChI is InChI=1S/C18H20N2O4/c1-12(21)20-9-8-13-4-2-3-5-15(13)16(20)10-18(23)24-11-17(22)19-14-6-7-14/h2-5,8-9,14,16H,6-7,10-11H2,1H3,(H,19,22)/t16-/m1/s1. The van der Waals surface area contributed by atoms with Crippen molar-refractivity contribution in [2.75, 3.05) is 6.61 Å². The number of esters is 1. The fourth-order valence-electron chi connectivity index (χ4n) is 2.77. The minimum absolute atomic E-state index is 0.0115. The van der Waals surface area contributed by atoms with Crippen LogP contribution in [0.15, 0.2) is 30.5 Å². The fourth-order valence-corrected chi connectivity index (χ4v) is 2.77. The van der Waals surface area contributed by atoms with E-state index in [2.05, 4.69) is 5.32 Å². The summed E-state index contributed by atoms with van der Waals surface area (Å²) in [6.45, 7) is 1.18. The molecule has 0 spiro atoms. The van der Waals surface area contributed by atoms with E-state index in [0.717, 1.165) is 24.0 Å².